The first-order chi connectivity index (χ1) is 12.6. The third-order valence-electron chi connectivity index (χ3n) is 4.22. The van der Waals surface area contributed by atoms with Crippen molar-refractivity contribution in [3.63, 3.8) is 0 Å². The van der Waals surface area contributed by atoms with E-state index in [1.165, 1.54) is 6.07 Å². The minimum atomic E-state index is -0.754. The Bertz CT molecular complexity index is 1160. The molecule has 0 aliphatic heterocycles. The van der Waals surface area contributed by atoms with Gasteiger partial charge in [-0.1, -0.05) is 60.7 Å². The molecule has 5 heteroatoms. The summed E-state index contributed by atoms with van der Waals surface area (Å²) in [7, 11) is 0. The van der Waals surface area contributed by atoms with Crippen molar-refractivity contribution in [2.24, 2.45) is 0 Å². The van der Waals surface area contributed by atoms with E-state index in [-0.39, 0.29) is 16.5 Å². The summed E-state index contributed by atoms with van der Waals surface area (Å²) in [5, 5.41) is 30.5. The first-order valence-corrected chi connectivity index (χ1v) is 7.93. The predicted molar refractivity (Wildman–Crippen MR) is 98.4 cm³/mol. The van der Waals surface area contributed by atoms with Crippen LogP contribution >= 0.6 is 0 Å². The Hall–Kier alpha value is -3.73. The highest BCUT2D eigenvalue weighted by Crippen LogP contribution is 2.48. The fourth-order valence-electron chi connectivity index (χ4n) is 2.97. The third kappa shape index (κ3) is 2.38. The van der Waals surface area contributed by atoms with E-state index < -0.39 is 22.7 Å². The Morgan fingerprint density at radius 1 is 0.692 bits per heavy atom. The molecule has 0 atom stereocenters. The quantitative estimate of drug-likeness (QED) is 0.472. The van der Waals surface area contributed by atoms with Gasteiger partial charge in [0, 0.05) is 11.6 Å². The summed E-state index contributed by atoms with van der Waals surface area (Å²) in [6.45, 7) is 0. The van der Waals surface area contributed by atoms with E-state index >= 15 is 0 Å². The van der Waals surface area contributed by atoms with Gasteiger partial charge >= 0.3 is 0 Å². The first kappa shape index (κ1) is 15.8. The third-order valence-corrected chi connectivity index (χ3v) is 4.22. The van der Waals surface area contributed by atoms with Gasteiger partial charge in [-0.25, -0.2) is 0 Å². The maximum atomic E-state index is 12.6. The molecule has 1 heterocycles. The summed E-state index contributed by atoms with van der Waals surface area (Å²) >= 11 is 0. The summed E-state index contributed by atoms with van der Waals surface area (Å²) < 4.78 is 5.90. The highest BCUT2D eigenvalue weighted by molar-refractivity contribution is 6.02. The van der Waals surface area contributed by atoms with Crippen LogP contribution in [0.25, 0.3) is 33.4 Å². The second-order valence-electron chi connectivity index (χ2n) is 5.83. The number of hydrogen-bond acceptors (Lipinski definition) is 5. The van der Waals surface area contributed by atoms with Gasteiger partial charge in [0.1, 0.15) is 11.1 Å². The largest absolute Gasteiger partial charge is 0.504 e. The van der Waals surface area contributed by atoms with Gasteiger partial charge in [-0.15, -0.1) is 0 Å². The average Bonchev–Trinajstić information content (AvgIpc) is 2.67. The second-order valence-corrected chi connectivity index (χ2v) is 5.83. The van der Waals surface area contributed by atoms with Crippen LogP contribution in [-0.2, 0) is 0 Å². The van der Waals surface area contributed by atoms with Crippen LogP contribution in [0.15, 0.2) is 75.9 Å². The highest BCUT2D eigenvalue weighted by atomic mass is 16.3. The Morgan fingerprint density at radius 3 is 1.88 bits per heavy atom. The van der Waals surface area contributed by atoms with E-state index in [4.69, 9.17) is 4.42 Å². The van der Waals surface area contributed by atoms with Gasteiger partial charge < -0.3 is 19.7 Å². The minimum absolute atomic E-state index is 0.00959. The van der Waals surface area contributed by atoms with Gasteiger partial charge in [-0.05, 0) is 5.56 Å². The molecule has 3 N–H and O–H groups in total. The van der Waals surface area contributed by atoms with Crippen LogP contribution in [0, 0.1) is 0 Å². The number of benzene rings is 3. The van der Waals surface area contributed by atoms with E-state index in [0.717, 1.165) is 0 Å². The predicted octanol–water partition coefficient (Wildman–Crippen LogP) is 4.24. The van der Waals surface area contributed by atoms with Crippen LogP contribution in [0.5, 0.6) is 17.2 Å². The summed E-state index contributed by atoms with van der Waals surface area (Å²) in [6, 6.07) is 19.0. The number of aromatic hydroxyl groups is 3. The molecule has 0 amide bonds. The molecule has 0 aliphatic rings. The SMILES string of the molecule is O=c1cc(-c2ccccc2)oc2c(-c3ccccc3)c(O)c(O)c(O)c12. The lowest BCUT2D eigenvalue weighted by molar-refractivity contribution is 0.371. The molecule has 4 aromatic rings. The van der Waals surface area contributed by atoms with Crippen molar-refractivity contribution in [1.29, 1.82) is 0 Å². The van der Waals surface area contributed by atoms with Crippen LogP contribution in [0.3, 0.4) is 0 Å². The molecule has 4 rings (SSSR count). The van der Waals surface area contributed by atoms with Crippen molar-refractivity contribution in [1.82, 2.24) is 0 Å². The number of phenols is 3. The maximum absolute atomic E-state index is 12.6. The van der Waals surface area contributed by atoms with Crippen LogP contribution in [0.2, 0.25) is 0 Å². The number of fused-ring (bicyclic) bond motifs is 1. The molecule has 5 nitrogen and oxygen atoms in total. The van der Waals surface area contributed by atoms with Crippen molar-refractivity contribution in [3.8, 4) is 39.7 Å². The van der Waals surface area contributed by atoms with Crippen LogP contribution in [0.4, 0.5) is 0 Å². The number of hydrogen-bond donors (Lipinski definition) is 3. The normalized spacial score (nSPS) is 10.9. The van der Waals surface area contributed by atoms with Crippen LogP contribution in [-0.4, -0.2) is 15.3 Å². The van der Waals surface area contributed by atoms with E-state index in [1.54, 1.807) is 42.5 Å². The fraction of sp³-hybridized carbons (Fsp3) is 0. The van der Waals surface area contributed by atoms with Crippen molar-refractivity contribution in [2.75, 3.05) is 0 Å². The zero-order valence-corrected chi connectivity index (χ0v) is 13.5. The van der Waals surface area contributed by atoms with Gasteiger partial charge in [-0.2, -0.15) is 0 Å². The standard InChI is InChI=1S/C21H14O5/c22-14-11-15(12-7-3-1-4-8-12)26-21-16(13-9-5-2-6-10-13)18(23)20(25)19(24)17(14)21/h1-11,23-25H. The molecule has 0 fully saturated rings. The molecular formula is C21H14O5. The summed E-state index contributed by atoms with van der Waals surface area (Å²) in [4.78, 5) is 12.6. The lowest BCUT2D eigenvalue weighted by atomic mass is 9.99. The van der Waals surface area contributed by atoms with Crippen molar-refractivity contribution >= 4 is 11.0 Å². The van der Waals surface area contributed by atoms with E-state index in [0.29, 0.717) is 16.9 Å². The molecular weight excluding hydrogens is 332 g/mol. The van der Waals surface area contributed by atoms with E-state index in [2.05, 4.69) is 0 Å². The topological polar surface area (TPSA) is 90.9 Å². The Morgan fingerprint density at radius 2 is 1.27 bits per heavy atom. The maximum Gasteiger partial charge on any atom is 0.202 e. The van der Waals surface area contributed by atoms with Crippen molar-refractivity contribution in [3.05, 3.63) is 77.0 Å². The van der Waals surface area contributed by atoms with Crippen LogP contribution < -0.4 is 5.43 Å². The van der Waals surface area contributed by atoms with Gasteiger partial charge in [0.05, 0.1) is 5.56 Å². The first-order valence-electron chi connectivity index (χ1n) is 7.93. The average molecular weight is 346 g/mol. The fourth-order valence-corrected chi connectivity index (χ4v) is 2.97. The lowest BCUT2D eigenvalue weighted by Crippen LogP contribution is -2.02. The molecule has 0 saturated carbocycles. The molecule has 128 valence electrons. The zero-order chi connectivity index (χ0) is 18.3. The molecule has 0 spiro atoms. The second kappa shape index (κ2) is 5.97. The molecule has 0 radical (unpaired) electrons. The number of phenolic OH excluding ortho intramolecular Hbond substituents is 3. The van der Waals surface area contributed by atoms with Gasteiger partial charge in [0.2, 0.25) is 5.75 Å². The smallest absolute Gasteiger partial charge is 0.202 e. The van der Waals surface area contributed by atoms with Crippen molar-refractivity contribution in [2.45, 2.75) is 0 Å². The minimum Gasteiger partial charge on any atom is -0.504 e. The van der Waals surface area contributed by atoms with Gasteiger partial charge in [0.25, 0.3) is 0 Å². The molecule has 0 aliphatic carbocycles. The van der Waals surface area contributed by atoms with E-state index in [9.17, 15) is 20.1 Å². The zero-order valence-electron chi connectivity index (χ0n) is 13.5. The van der Waals surface area contributed by atoms with Crippen LogP contribution in [0.1, 0.15) is 0 Å². The molecule has 1 aromatic heterocycles. The van der Waals surface area contributed by atoms with E-state index in [1.807, 2.05) is 18.2 Å². The molecule has 3 aromatic carbocycles. The van der Waals surface area contributed by atoms with Gasteiger partial charge in [0.15, 0.2) is 22.5 Å². The molecule has 0 bridgehead atoms. The summed E-state index contributed by atoms with van der Waals surface area (Å²) in [5.74, 6) is -1.71. The Kier molecular flexibility index (Phi) is 3.62. The summed E-state index contributed by atoms with van der Waals surface area (Å²) in [5.41, 5.74) is 0.854. The Labute approximate surface area is 148 Å². The van der Waals surface area contributed by atoms with Gasteiger partial charge in [-0.3, -0.25) is 4.79 Å². The molecule has 0 unspecified atom stereocenters. The monoisotopic (exact) mass is 346 g/mol. The lowest BCUT2D eigenvalue weighted by Gasteiger charge is -2.13. The molecule has 0 saturated heterocycles. The Balaban J connectivity index is 2.16. The summed E-state index contributed by atoms with van der Waals surface area (Å²) in [6.07, 6.45) is 0. The highest BCUT2D eigenvalue weighted by Gasteiger charge is 2.24. The number of rotatable bonds is 2. The molecule has 26 heavy (non-hydrogen) atoms. The van der Waals surface area contributed by atoms with Crippen molar-refractivity contribution < 1.29 is 19.7 Å².